The van der Waals surface area contributed by atoms with Crippen LogP contribution in [0.2, 0.25) is 0 Å². The molecule has 4 aromatic carbocycles. The van der Waals surface area contributed by atoms with Gasteiger partial charge in [-0.2, -0.15) is 10.2 Å². The number of hydrogen-bond acceptors (Lipinski definition) is 14. The fourth-order valence-electron chi connectivity index (χ4n) is 6.46. The van der Waals surface area contributed by atoms with E-state index in [9.17, 15) is 10.2 Å². The fourth-order valence-corrected chi connectivity index (χ4v) is 7.24. The summed E-state index contributed by atoms with van der Waals surface area (Å²) in [6, 6.07) is 23.1. The Morgan fingerprint density at radius 2 is 1.10 bits per heavy atom. The lowest BCUT2D eigenvalue weighted by atomic mass is 9.79. The van der Waals surface area contributed by atoms with Gasteiger partial charge in [-0.1, -0.05) is 42.5 Å². The Hall–Kier alpha value is -5.67. The van der Waals surface area contributed by atoms with Gasteiger partial charge in [-0.3, -0.25) is 0 Å². The predicted molar refractivity (Wildman–Crippen MR) is 244 cm³/mol. The number of hydrogen-bond donors (Lipinski definition) is 6. The first-order valence-electron chi connectivity index (χ1n) is 19.2. The van der Waals surface area contributed by atoms with Crippen LogP contribution in [0.5, 0.6) is 11.5 Å². The molecule has 60 heavy (non-hydrogen) atoms. The van der Waals surface area contributed by atoms with E-state index in [1.165, 1.54) is 12.7 Å². The standard InChI is InChI=1S/C21H23N5O2.C12H13BO3.C9H12IN5O/c1-4-28-16-8-7-13-9-15(6-5-14(13)10-16)18-17-19(22)23-12-24-20(17)26(25-18)11-21(2,3)27;1-2-16-12-6-4-9-7-11(13(14)15)5-3-10(9)8-12;1-9(2,16)3-15-8-5(6(10)14-15)7(11)12-4-13-8/h5-10,12,27H,4,11H2,1-3H3,(H2,22,23,24);3-8,14-15H,2H2,1H3;4,16H,3H2,1-2H3,(H2,11,12,13). The lowest BCUT2D eigenvalue weighted by Crippen LogP contribution is -2.29. The maximum absolute atomic E-state index is 10.2. The molecular weight excluding hydrogens is 878 g/mol. The zero-order valence-electron chi connectivity index (χ0n) is 34.2. The molecule has 0 aliphatic rings. The minimum absolute atomic E-state index is 0.297. The number of ether oxygens (including phenoxy) is 2. The summed E-state index contributed by atoms with van der Waals surface area (Å²) in [6.45, 7) is 12.7. The summed E-state index contributed by atoms with van der Waals surface area (Å²) in [6.07, 6.45) is 2.82. The second kappa shape index (κ2) is 18.3. The summed E-state index contributed by atoms with van der Waals surface area (Å²) in [7, 11) is -1.42. The van der Waals surface area contributed by atoms with E-state index in [-0.39, 0.29) is 0 Å². The molecule has 4 heterocycles. The van der Waals surface area contributed by atoms with Crippen LogP contribution in [0, 0.1) is 3.70 Å². The molecule has 0 amide bonds. The third kappa shape index (κ3) is 10.6. The van der Waals surface area contributed by atoms with Crippen LogP contribution in [0.15, 0.2) is 85.5 Å². The van der Waals surface area contributed by atoms with Crippen LogP contribution in [-0.2, 0) is 13.1 Å². The molecule has 8 rings (SSSR count). The van der Waals surface area contributed by atoms with Crippen LogP contribution in [-0.4, -0.2) is 91.3 Å². The number of nitrogen functional groups attached to an aromatic ring is 2. The molecule has 0 fully saturated rings. The summed E-state index contributed by atoms with van der Waals surface area (Å²) in [5, 5.41) is 52.7. The number of rotatable bonds is 10. The van der Waals surface area contributed by atoms with Gasteiger partial charge in [0.2, 0.25) is 0 Å². The highest BCUT2D eigenvalue weighted by Gasteiger charge is 2.22. The Morgan fingerprint density at radius 3 is 1.63 bits per heavy atom. The third-order valence-corrected chi connectivity index (χ3v) is 9.74. The quantitative estimate of drug-likeness (QED) is 0.0774. The highest BCUT2D eigenvalue weighted by atomic mass is 127. The highest BCUT2D eigenvalue weighted by molar-refractivity contribution is 14.1. The van der Waals surface area contributed by atoms with Crippen LogP contribution in [0.4, 0.5) is 11.6 Å². The topological polar surface area (TPSA) is 239 Å². The van der Waals surface area contributed by atoms with Crippen molar-refractivity contribution in [3.63, 3.8) is 0 Å². The van der Waals surface area contributed by atoms with Crippen LogP contribution in [0.1, 0.15) is 41.5 Å². The molecule has 16 nitrogen and oxygen atoms in total. The van der Waals surface area contributed by atoms with Gasteiger partial charge in [-0.15, -0.1) is 0 Å². The summed E-state index contributed by atoms with van der Waals surface area (Å²) in [5.41, 5.74) is 13.5. The third-order valence-electron chi connectivity index (χ3n) is 8.99. The van der Waals surface area contributed by atoms with Gasteiger partial charge in [0, 0.05) is 5.56 Å². The Balaban J connectivity index is 0.000000162. The maximum Gasteiger partial charge on any atom is 0.488 e. The molecule has 0 aliphatic carbocycles. The Kier molecular flexibility index (Phi) is 13.4. The maximum atomic E-state index is 10.2. The molecule has 0 bridgehead atoms. The van der Waals surface area contributed by atoms with Crippen molar-refractivity contribution < 1.29 is 29.7 Å². The lowest BCUT2D eigenvalue weighted by Gasteiger charge is -2.16. The average Bonchev–Trinajstić information content (AvgIpc) is 3.71. The molecule has 0 atom stereocenters. The Morgan fingerprint density at radius 1 is 0.633 bits per heavy atom. The molecule has 0 saturated heterocycles. The van der Waals surface area contributed by atoms with E-state index in [0.717, 1.165) is 47.7 Å². The SMILES string of the molecule is CC(C)(O)Cn1nc(I)c2c(N)ncnc21.CCOc1ccc2cc(-c3nn(CC(C)(C)O)c4ncnc(N)c34)ccc2c1.CCOc1ccc2cc(B(O)O)ccc2c1. The molecule has 8 N–H and O–H groups in total. The smallest absolute Gasteiger partial charge is 0.488 e. The first kappa shape index (κ1) is 43.9. The largest absolute Gasteiger partial charge is 0.494 e. The van der Waals surface area contributed by atoms with Crippen LogP contribution < -0.4 is 26.4 Å². The second-order valence-electron chi connectivity index (χ2n) is 15.2. The Bertz CT molecular complexity index is 2770. The van der Waals surface area contributed by atoms with Crippen LogP contribution in [0.25, 0.3) is 54.9 Å². The van der Waals surface area contributed by atoms with Gasteiger partial charge >= 0.3 is 7.12 Å². The van der Waals surface area contributed by atoms with Crippen LogP contribution in [0.3, 0.4) is 0 Å². The van der Waals surface area contributed by atoms with E-state index in [1.54, 1.807) is 49.2 Å². The van der Waals surface area contributed by atoms with E-state index >= 15 is 0 Å². The number of aliphatic hydroxyl groups is 2. The van der Waals surface area contributed by atoms with Crippen molar-refractivity contribution in [3.8, 4) is 22.8 Å². The molecule has 0 spiro atoms. The van der Waals surface area contributed by atoms with Gasteiger partial charge in [0.15, 0.2) is 11.3 Å². The normalized spacial score (nSPS) is 11.7. The first-order valence-corrected chi connectivity index (χ1v) is 20.3. The zero-order chi connectivity index (χ0) is 43.4. The first-order chi connectivity index (χ1) is 28.4. The highest BCUT2D eigenvalue weighted by Crippen LogP contribution is 2.33. The van der Waals surface area contributed by atoms with Gasteiger partial charge in [0.25, 0.3) is 0 Å². The van der Waals surface area contributed by atoms with Gasteiger partial charge < -0.3 is 41.2 Å². The van der Waals surface area contributed by atoms with Crippen molar-refractivity contribution in [2.75, 3.05) is 24.7 Å². The van der Waals surface area contributed by atoms with Crippen molar-refractivity contribution in [2.45, 2.75) is 65.8 Å². The molecule has 8 aromatic rings. The van der Waals surface area contributed by atoms with E-state index in [2.05, 4.69) is 53.7 Å². The van der Waals surface area contributed by atoms with Crippen molar-refractivity contribution in [1.29, 1.82) is 0 Å². The fraction of sp³-hybridized carbons (Fsp3) is 0.286. The van der Waals surface area contributed by atoms with E-state index in [0.29, 0.717) is 65.8 Å². The van der Waals surface area contributed by atoms with E-state index < -0.39 is 18.3 Å². The van der Waals surface area contributed by atoms with Crippen molar-refractivity contribution in [2.24, 2.45) is 0 Å². The number of halogens is 1. The minimum Gasteiger partial charge on any atom is -0.494 e. The molecule has 18 heteroatoms. The summed E-state index contributed by atoms with van der Waals surface area (Å²) < 4.78 is 15.1. The van der Waals surface area contributed by atoms with Gasteiger partial charge in [0.05, 0.1) is 48.3 Å². The number of aromatic nitrogens is 8. The lowest BCUT2D eigenvalue weighted by molar-refractivity contribution is 0.0583. The summed E-state index contributed by atoms with van der Waals surface area (Å²) in [4.78, 5) is 16.5. The second-order valence-corrected chi connectivity index (χ2v) is 16.2. The summed E-state index contributed by atoms with van der Waals surface area (Å²) >= 11 is 2.08. The number of nitrogens with two attached hydrogens (primary N) is 2. The zero-order valence-corrected chi connectivity index (χ0v) is 36.4. The molecule has 0 radical (unpaired) electrons. The predicted octanol–water partition coefficient (Wildman–Crippen LogP) is 5.10. The monoisotopic (exact) mass is 926 g/mol. The van der Waals surface area contributed by atoms with Crippen LogP contribution >= 0.6 is 22.6 Å². The van der Waals surface area contributed by atoms with Crippen molar-refractivity contribution in [3.05, 3.63) is 89.2 Å². The van der Waals surface area contributed by atoms with Gasteiger partial charge in [-0.05, 0) is 121 Å². The summed E-state index contributed by atoms with van der Waals surface area (Å²) in [5.74, 6) is 2.46. The number of fused-ring (bicyclic) bond motifs is 4. The average molecular weight is 927 g/mol. The number of anilines is 2. The molecule has 0 saturated carbocycles. The molecule has 312 valence electrons. The van der Waals surface area contributed by atoms with Crippen molar-refractivity contribution in [1.82, 2.24) is 39.5 Å². The van der Waals surface area contributed by atoms with E-state index in [4.69, 9.17) is 36.1 Å². The molecule has 4 aromatic heterocycles. The molecular formula is C42H48BIN10O6. The number of nitrogens with zero attached hydrogens (tertiary/aromatic N) is 8. The Labute approximate surface area is 360 Å². The van der Waals surface area contributed by atoms with Crippen molar-refractivity contribution >= 4 is 90.4 Å². The molecule has 0 aliphatic heterocycles. The van der Waals surface area contributed by atoms with E-state index in [1.807, 2.05) is 68.4 Å². The van der Waals surface area contributed by atoms with Gasteiger partial charge in [0.1, 0.15) is 45.2 Å². The number of benzene rings is 4. The van der Waals surface area contributed by atoms with Gasteiger partial charge in [-0.25, -0.2) is 29.3 Å². The molecule has 0 unspecified atom stereocenters. The minimum atomic E-state index is -1.42.